The first kappa shape index (κ1) is 21.0. The number of phenolic OH excluding ortho intramolecular Hbond substituents is 1. The minimum Gasteiger partial charge on any atom is -0.507 e. The van der Waals surface area contributed by atoms with Gasteiger partial charge in [-0.2, -0.15) is 0 Å². The minimum absolute atomic E-state index is 0.0253. The SMILES string of the molecule is NC(=O)c1ccccc1O.O=C(Oc1ccccc1C(=O)O)c1ccccc1O. The first-order chi connectivity index (χ1) is 13.8. The van der Waals surface area contributed by atoms with Crippen molar-refractivity contribution >= 4 is 17.8 Å². The third-order valence-electron chi connectivity index (χ3n) is 3.61. The summed E-state index contributed by atoms with van der Waals surface area (Å²) in [5, 5.41) is 27.5. The molecule has 0 atom stereocenters. The summed E-state index contributed by atoms with van der Waals surface area (Å²) in [6, 6.07) is 17.8. The molecule has 1 amide bonds. The number of carbonyl (C=O) groups excluding carboxylic acids is 2. The van der Waals surface area contributed by atoms with E-state index < -0.39 is 17.8 Å². The molecule has 0 aromatic heterocycles. The van der Waals surface area contributed by atoms with Crippen molar-refractivity contribution in [2.75, 3.05) is 0 Å². The number of amides is 1. The summed E-state index contributed by atoms with van der Waals surface area (Å²) in [5.41, 5.74) is 4.93. The van der Waals surface area contributed by atoms with Crippen molar-refractivity contribution in [3.8, 4) is 17.2 Å². The highest BCUT2D eigenvalue weighted by Crippen LogP contribution is 2.22. The zero-order valence-electron chi connectivity index (χ0n) is 15.0. The van der Waals surface area contributed by atoms with Gasteiger partial charge in [-0.25, -0.2) is 9.59 Å². The number of carboxylic acids is 1. The minimum atomic E-state index is -1.19. The topological polar surface area (TPSA) is 147 Å². The second kappa shape index (κ2) is 9.56. The number of carboxylic acid groups (broad SMARTS) is 1. The van der Waals surface area contributed by atoms with Gasteiger partial charge in [0.2, 0.25) is 0 Å². The lowest BCUT2D eigenvalue weighted by molar-refractivity contribution is 0.0680. The van der Waals surface area contributed by atoms with E-state index in [9.17, 15) is 19.5 Å². The molecule has 0 aliphatic carbocycles. The summed E-state index contributed by atoms with van der Waals surface area (Å²) < 4.78 is 4.99. The van der Waals surface area contributed by atoms with Gasteiger partial charge in [-0.15, -0.1) is 0 Å². The number of hydrogen-bond donors (Lipinski definition) is 4. The molecule has 0 fully saturated rings. The molecule has 5 N–H and O–H groups in total. The maximum absolute atomic E-state index is 11.8. The number of esters is 1. The van der Waals surface area contributed by atoms with Crippen LogP contribution >= 0.6 is 0 Å². The van der Waals surface area contributed by atoms with Crippen LogP contribution in [0.15, 0.2) is 72.8 Å². The summed E-state index contributed by atoms with van der Waals surface area (Å²) in [4.78, 5) is 33.3. The predicted molar refractivity (Wildman–Crippen MR) is 103 cm³/mol. The Labute approximate surface area is 165 Å². The number of aromatic carboxylic acids is 1. The molecule has 29 heavy (non-hydrogen) atoms. The van der Waals surface area contributed by atoms with Gasteiger partial charge >= 0.3 is 11.9 Å². The smallest absolute Gasteiger partial charge is 0.347 e. The zero-order chi connectivity index (χ0) is 21.4. The molecule has 0 bridgehead atoms. The molecule has 3 aromatic rings. The normalized spacial score (nSPS) is 9.66. The van der Waals surface area contributed by atoms with Crippen LogP contribution < -0.4 is 10.5 Å². The number of hydrogen-bond acceptors (Lipinski definition) is 6. The summed E-state index contributed by atoms with van der Waals surface area (Å²) in [5.74, 6) is -2.98. The Morgan fingerprint density at radius 3 is 1.59 bits per heavy atom. The lowest BCUT2D eigenvalue weighted by atomic mass is 10.2. The first-order valence-corrected chi connectivity index (χ1v) is 8.21. The highest BCUT2D eigenvalue weighted by molar-refractivity contribution is 5.97. The van der Waals surface area contributed by atoms with E-state index in [0.717, 1.165) is 0 Å². The number of ether oxygens (including phenoxy) is 1. The maximum Gasteiger partial charge on any atom is 0.347 e. The van der Waals surface area contributed by atoms with E-state index in [4.69, 9.17) is 20.7 Å². The van der Waals surface area contributed by atoms with Crippen LogP contribution in [0.5, 0.6) is 17.2 Å². The number of nitrogens with two attached hydrogens (primary N) is 1. The quantitative estimate of drug-likeness (QED) is 0.392. The van der Waals surface area contributed by atoms with Gasteiger partial charge in [0.15, 0.2) is 0 Å². The van der Waals surface area contributed by atoms with Gasteiger partial charge in [0, 0.05) is 0 Å². The van der Waals surface area contributed by atoms with Crippen molar-refractivity contribution in [1.82, 2.24) is 0 Å². The number of rotatable bonds is 4. The van der Waals surface area contributed by atoms with E-state index >= 15 is 0 Å². The number of phenols is 2. The van der Waals surface area contributed by atoms with Crippen molar-refractivity contribution in [3.63, 3.8) is 0 Å². The molecular weight excluding hydrogens is 378 g/mol. The molecule has 0 unspecified atom stereocenters. The second-order valence-electron chi connectivity index (χ2n) is 5.59. The van der Waals surface area contributed by atoms with Crippen LogP contribution in [0.1, 0.15) is 31.1 Å². The van der Waals surface area contributed by atoms with Crippen LogP contribution in [-0.2, 0) is 0 Å². The lowest BCUT2D eigenvalue weighted by Crippen LogP contribution is -2.11. The Kier molecular flexibility index (Phi) is 6.92. The monoisotopic (exact) mass is 395 g/mol. The maximum atomic E-state index is 11.8. The van der Waals surface area contributed by atoms with Crippen LogP contribution in [0, 0.1) is 0 Å². The summed E-state index contributed by atoms with van der Waals surface area (Å²) in [7, 11) is 0. The van der Waals surface area contributed by atoms with Crippen LogP contribution in [0.4, 0.5) is 0 Å². The Hall–Kier alpha value is -4.33. The number of aromatic hydroxyl groups is 2. The number of primary amides is 1. The molecule has 3 rings (SSSR count). The van der Waals surface area contributed by atoms with Gasteiger partial charge in [0.1, 0.15) is 28.4 Å². The largest absolute Gasteiger partial charge is 0.507 e. The molecule has 0 spiro atoms. The Bertz CT molecular complexity index is 1050. The van der Waals surface area contributed by atoms with Crippen molar-refractivity contribution in [2.24, 2.45) is 5.73 Å². The number of benzene rings is 3. The fraction of sp³-hybridized carbons (Fsp3) is 0. The third kappa shape index (κ3) is 5.57. The van der Waals surface area contributed by atoms with E-state index in [2.05, 4.69) is 0 Å². The van der Waals surface area contributed by atoms with Crippen molar-refractivity contribution in [1.29, 1.82) is 0 Å². The van der Waals surface area contributed by atoms with E-state index in [1.807, 2.05) is 0 Å². The van der Waals surface area contributed by atoms with E-state index in [-0.39, 0.29) is 33.9 Å². The first-order valence-electron chi connectivity index (χ1n) is 8.21. The molecule has 0 heterocycles. The Morgan fingerprint density at radius 1 is 0.690 bits per heavy atom. The second-order valence-corrected chi connectivity index (χ2v) is 5.59. The zero-order valence-corrected chi connectivity index (χ0v) is 15.0. The van der Waals surface area contributed by atoms with Gasteiger partial charge in [0.25, 0.3) is 5.91 Å². The predicted octanol–water partition coefficient (Wildman–Crippen LogP) is 2.80. The van der Waals surface area contributed by atoms with Gasteiger partial charge in [0.05, 0.1) is 5.56 Å². The van der Waals surface area contributed by atoms with Gasteiger partial charge < -0.3 is 25.8 Å². The molecule has 8 nitrogen and oxygen atoms in total. The molecule has 0 radical (unpaired) electrons. The summed E-state index contributed by atoms with van der Waals surface area (Å²) in [6.07, 6.45) is 0. The van der Waals surface area contributed by atoms with Crippen molar-refractivity contribution in [2.45, 2.75) is 0 Å². The van der Waals surface area contributed by atoms with Gasteiger partial charge in [-0.05, 0) is 36.4 Å². The van der Waals surface area contributed by atoms with E-state index in [1.54, 1.807) is 30.3 Å². The fourth-order valence-corrected chi connectivity index (χ4v) is 2.22. The average molecular weight is 395 g/mol. The molecule has 0 saturated carbocycles. The number of carbonyl (C=O) groups is 3. The molecule has 148 valence electrons. The molecule has 8 heteroatoms. The van der Waals surface area contributed by atoms with Gasteiger partial charge in [-0.1, -0.05) is 36.4 Å². The van der Waals surface area contributed by atoms with Crippen LogP contribution in [0.2, 0.25) is 0 Å². The van der Waals surface area contributed by atoms with E-state index in [1.165, 1.54) is 42.5 Å². The molecule has 0 aliphatic rings. The summed E-state index contributed by atoms with van der Waals surface area (Å²) in [6.45, 7) is 0. The fourth-order valence-electron chi connectivity index (χ4n) is 2.22. The summed E-state index contributed by atoms with van der Waals surface area (Å²) >= 11 is 0. The highest BCUT2D eigenvalue weighted by atomic mass is 16.5. The molecule has 0 aliphatic heterocycles. The Balaban J connectivity index is 0.000000253. The van der Waals surface area contributed by atoms with Gasteiger partial charge in [-0.3, -0.25) is 4.79 Å². The number of para-hydroxylation sites is 3. The lowest BCUT2D eigenvalue weighted by Gasteiger charge is -2.07. The van der Waals surface area contributed by atoms with Crippen molar-refractivity contribution in [3.05, 3.63) is 89.5 Å². The average Bonchev–Trinajstić information content (AvgIpc) is 2.69. The van der Waals surface area contributed by atoms with Crippen molar-refractivity contribution < 1.29 is 34.4 Å². The Morgan fingerprint density at radius 2 is 1.14 bits per heavy atom. The highest BCUT2D eigenvalue weighted by Gasteiger charge is 2.17. The van der Waals surface area contributed by atoms with Crippen LogP contribution in [0.3, 0.4) is 0 Å². The van der Waals surface area contributed by atoms with Crippen LogP contribution in [0.25, 0.3) is 0 Å². The molecular formula is C21H17NO7. The van der Waals surface area contributed by atoms with Crippen LogP contribution in [-0.4, -0.2) is 33.2 Å². The third-order valence-corrected chi connectivity index (χ3v) is 3.61. The standard InChI is InChI=1S/C14H10O5.C7H7NO2/c15-11-7-3-1-5-9(11)14(18)19-12-8-4-2-6-10(12)13(16)17;8-7(10)5-3-1-2-4-6(5)9/h1-8,15H,(H,16,17);1-4,9H,(H2,8,10). The molecule has 0 saturated heterocycles. The molecule has 3 aromatic carbocycles. The van der Waals surface area contributed by atoms with E-state index in [0.29, 0.717) is 0 Å².